The summed E-state index contributed by atoms with van der Waals surface area (Å²) in [5.74, 6) is -0.00806. The van der Waals surface area contributed by atoms with Gasteiger partial charge in [0.1, 0.15) is 0 Å². The van der Waals surface area contributed by atoms with E-state index in [1.54, 1.807) is 0 Å². The van der Waals surface area contributed by atoms with Crippen molar-refractivity contribution in [3.05, 3.63) is 32.7 Å². The summed E-state index contributed by atoms with van der Waals surface area (Å²) in [5.41, 5.74) is 0.996. The first-order valence-corrected chi connectivity index (χ1v) is 7.32. The average Bonchev–Trinajstić information content (AvgIpc) is 2.26. The molecule has 2 rings (SSSR count). The number of carbonyl (C=O) groups is 1. The van der Waals surface area contributed by atoms with Crippen LogP contribution in [0, 0.1) is 5.41 Å². The number of amides is 1. The highest BCUT2D eigenvalue weighted by atomic mass is 79.9. The molecule has 0 bridgehead atoms. The number of carbonyl (C=O) groups excluding carboxylic acids is 1. The zero-order valence-corrected chi connectivity index (χ0v) is 12.9. The third-order valence-corrected chi connectivity index (χ3v) is 4.59. The Morgan fingerprint density at radius 1 is 1.41 bits per heavy atom. The van der Waals surface area contributed by atoms with Crippen molar-refractivity contribution in [2.24, 2.45) is 5.41 Å². The van der Waals surface area contributed by atoms with Crippen molar-refractivity contribution in [3.63, 3.8) is 0 Å². The monoisotopic (exact) mass is 359 g/mol. The van der Waals surface area contributed by atoms with Crippen molar-refractivity contribution in [3.8, 4) is 0 Å². The lowest BCUT2D eigenvalue weighted by molar-refractivity contribution is 0.0890. The summed E-state index contributed by atoms with van der Waals surface area (Å²) in [6.07, 6.45) is 3.72. The smallest absolute Gasteiger partial charge is 0.252 e. The van der Waals surface area contributed by atoms with E-state index in [1.807, 2.05) is 18.2 Å². The minimum atomic E-state index is -0.00806. The predicted octanol–water partition coefficient (Wildman–Crippen LogP) is 4.13. The standard InChI is InChI=1S/C13H15Br2NO/c1-13(5-2-6-13)8-16-12(17)10-7-9(14)3-4-11(10)15/h3-4,7H,2,5-6,8H2,1H3,(H,16,17). The fraction of sp³-hybridized carbons (Fsp3) is 0.462. The minimum Gasteiger partial charge on any atom is -0.351 e. The molecule has 1 aliphatic carbocycles. The van der Waals surface area contributed by atoms with E-state index < -0.39 is 0 Å². The second kappa shape index (κ2) is 5.11. The molecule has 0 saturated heterocycles. The summed E-state index contributed by atoms with van der Waals surface area (Å²) in [5, 5.41) is 3.02. The first-order chi connectivity index (χ1) is 8.00. The van der Waals surface area contributed by atoms with Gasteiger partial charge >= 0.3 is 0 Å². The van der Waals surface area contributed by atoms with E-state index in [4.69, 9.17) is 0 Å². The quantitative estimate of drug-likeness (QED) is 0.862. The molecule has 1 fully saturated rings. The Hall–Kier alpha value is -0.350. The lowest BCUT2D eigenvalue weighted by atomic mass is 9.70. The van der Waals surface area contributed by atoms with Gasteiger partial charge in [0.15, 0.2) is 0 Å². The van der Waals surface area contributed by atoms with E-state index in [2.05, 4.69) is 44.1 Å². The molecule has 0 unspecified atom stereocenters. The molecule has 0 aliphatic heterocycles. The maximum absolute atomic E-state index is 12.0. The Balaban J connectivity index is 2.01. The van der Waals surface area contributed by atoms with Gasteiger partial charge in [0.2, 0.25) is 0 Å². The Bertz CT molecular complexity index is 441. The fourth-order valence-corrected chi connectivity index (χ4v) is 2.81. The number of halogens is 2. The number of hydrogen-bond acceptors (Lipinski definition) is 1. The molecular formula is C13H15Br2NO. The lowest BCUT2D eigenvalue weighted by Gasteiger charge is -2.38. The summed E-state index contributed by atoms with van der Waals surface area (Å²) >= 11 is 6.78. The molecule has 2 nitrogen and oxygen atoms in total. The maximum atomic E-state index is 12.0. The van der Waals surface area contributed by atoms with E-state index in [0.29, 0.717) is 11.0 Å². The molecule has 0 heterocycles. The predicted molar refractivity (Wildman–Crippen MR) is 76.1 cm³/mol. The van der Waals surface area contributed by atoms with Crippen molar-refractivity contribution < 1.29 is 4.79 Å². The number of rotatable bonds is 3. The van der Waals surface area contributed by atoms with E-state index in [1.165, 1.54) is 19.3 Å². The minimum absolute atomic E-state index is 0.00806. The van der Waals surface area contributed by atoms with Gasteiger partial charge in [-0.25, -0.2) is 0 Å². The van der Waals surface area contributed by atoms with Crippen LogP contribution >= 0.6 is 31.9 Å². The van der Waals surface area contributed by atoms with Crippen LogP contribution in [0.25, 0.3) is 0 Å². The molecule has 92 valence electrons. The average molecular weight is 361 g/mol. The van der Waals surface area contributed by atoms with Crippen LogP contribution in [0.3, 0.4) is 0 Å². The molecule has 0 atom stereocenters. The second-order valence-electron chi connectivity index (χ2n) is 4.97. The second-order valence-corrected chi connectivity index (χ2v) is 6.74. The SMILES string of the molecule is CC1(CNC(=O)c2cc(Br)ccc2Br)CCC1. The van der Waals surface area contributed by atoms with Crippen LogP contribution in [-0.4, -0.2) is 12.5 Å². The van der Waals surface area contributed by atoms with Crippen LogP contribution in [0.2, 0.25) is 0 Å². The lowest BCUT2D eigenvalue weighted by Crippen LogP contribution is -2.40. The topological polar surface area (TPSA) is 29.1 Å². The summed E-state index contributed by atoms with van der Waals surface area (Å²) in [7, 11) is 0. The van der Waals surface area contributed by atoms with Crippen LogP contribution in [0.4, 0.5) is 0 Å². The van der Waals surface area contributed by atoms with Gasteiger partial charge in [-0.2, -0.15) is 0 Å². The maximum Gasteiger partial charge on any atom is 0.252 e. The van der Waals surface area contributed by atoms with E-state index in [0.717, 1.165) is 15.5 Å². The molecule has 1 saturated carbocycles. The number of benzene rings is 1. The molecule has 4 heteroatoms. The highest BCUT2D eigenvalue weighted by molar-refractivity contribution is 9.11. The third-order valence-electron chi connectivity index (χ3n) is 3.41. The Morgan fingerprint density at radius 2 is 2.12 bits per heavy atom. The summed E-state index contributed by atoms with van der Waals surface area (Å²) in [6, 6.07) is 5.63. The van der Waals surface area contributed by atoms with Gasteiger partial charge in [-0.3, -0.25) is 4.79 Å². The van der Waals surface area contributed by atoms with Gasteiger partial charge in [-0.05, 0) is 52.4 Å². The fourth-order valence-electron chi connectivity index (χ4n) is 2.02. The van der Waals surface area contributed by atoms with Crippen LogP contribution in [0.5, 0.6) is 0 Å². The van der Waals surface area contributed by atoms with Crippen LogP contribution in [0.1, 0.15) is 36.5 Å². The van der Waals surface area contributed by atoms with E-state index in [-0.39, 0.29) is 5.91 Å². The van der Waals surface area contributed by atoms with E-state index in [9.17, 15) is 4.79 Å². The number of hydrogen-bond donors (Lipinski definition) is 1. The van der Waals surface area contributed by atoms with Crippen molar-refractivity contribution in [1.29, 1.82) is 0 Å². The van der Waals surface area contributed by atoms with Crippen molar-refractivity contribution in [2.45, 2.75) is 26.2 Å². The molecule has 0 aromatic heterocycles. The zero-order valence-electron chi connectivity index (χ0n) is 9.72. The van der Waals surface area contributed by atoms with Gasteiger partial charge in [0.25, 0.3) is 5.91 Å². The molecule has 1 aromatic rings. The molecule has 0 spiro atoms. The Kier molecular flexibility index (Phi) is 3.93. The van der Waals surface area contributed by atoms with Gasteiger partial charge in [0, 0.05) is 15.5 Å². The Labute approximate surface area is 118 Å². The van der Waals surface area contributed by atoms with E-state index >= 15 is 0 Å². The van der Waals surface area contributed by atoms with Gasteiger partial charge < -0.3 is 5.32 Å². The molecule has 17 heavy (non-hydrogen) atoms. The largest absolute Gasteiger partial charge is 0.351 e. The highest BCUT2D eigenvalue weighted by Gasteiger charge is 2.32. The first kappa shape index (κ1) is 13.1. The van der Waals surface area contributed by atoms with Gasteiger partial charge in [-0.1, -0.05) is 29.3 Å². The molecule has 1 aromatic carbocycles. The molecular weight excluding hydrogens is 346 g/mol. The molecule has 1 aliphatic rings. The van der Waals surface area contributed by atoms with Gasteiger partial charge in [-0.15, -0.1) is 0 Å². The van der Waals surface area contributed by atoms with Crippen molar-refractivity contribution in [1.82, 2.24) is 5.32 Å². The molecule has 0 radical (unpaired) electrons. The highest BCUT2D eigenvalue weighted by Crippen LogP contribution is 2.39. The normalized spacial score (nSPS) is 17.4. The molecule has 1 amide bonds. The van der Waals surface area contributed by atoms with Crippen LogP contribution < -0.4 is 5.32 Å². The molecule has 1 N–H and O–H groups in total. The number of nitrogens with one attached hydrogen (secondary N) is 1. The van der Waals surface area contributed by atoms with Gasteiger partial charge in [0.05, 0.1) is 5.56 Å². The third kappa shape index (κ3) is 3.10. The van der Waals surface area contributed by atoms with Crippen molar-refractivity contribution in [2.75, 3.05) is 6.54 Å². The summed E-state index contributed by atoms with van der Waals surface area (Å²) in [4.78, 5) is 12.0. The van der Waals surface area contributed by atoms with Crippen LogP contribution in [0.15, 0.2) is 27.1 Å². The van der Waals surface area contributed by atoms with Crippen LogP contribution in [-0.2, 0) is 0 Å². The summed E-state index contributed by atoms with van der Waals surface area (Å²) in [6.45, 7) is 3.00. The zero-order chi connectivity index (χ0) is 12.5. The Morgan fingerprint density at radius 3 is 2.71 bits per heavy atom. The summed E-state index contributed by atoms with van der Waals surface area (Å²) < 4.78 is 1.75. The first-order valence-electron chi connectivity index (χ1n) is 5.73. The van der Waals surface area contributed by atoms with Crippen molar-refractivity contribution >= 4 is 37.8 Å².